The number of aryl methyl sites for hydroxylation is 2. The topological polar surface area (TPSA) is 43.8 Å². The van der Waals surface area contributed by atoms with E-state index >= 15 is 0 Å². The molecular weight excluding hydrogens is 222 g/mol. The Morgan fingerprint density at radius 1 is 1.33 bits per heavy atom. The maximum Gasteiger partial charge on any atom is 0.0700 e. The van der Waals surface area contributed by atoms with Gasteiger partial charge in [0.25, 0.3) is 0 Å². The van der Waals surface area contributed by atoms with Crippen molar-refractivity contribution in [3.8, 4) is 0 Å². The Labute approximate surface area is 109 Å². The quantitative estimate of drug-likeness (QED) is 0.900. The lowest BCUT2D eigenvalue weighted by Crippen LogP contribution is -2.17. The van der Waals surface area contributed by atoms with Gasteiger partial charge in [-0.2, -0.15) is 5.10 Å². The maximum atomic E-state index is 5.90. The van der Waals surface area contributed by atoms with Crippen LogP contribution in [0.25, 0.3) is 10.9 Å². The van der Waals surface area contributed by atoms with Gasteiger partial charge < -0.3 is 5.73 Å². The molecule has 0 aliphatic heterocycles. The van der Waals surface area contributed by atoms with Crippen LogP contribution in [-0.4, -0.2) is 16.3 Å². The molecule has 1 aromatic heterocycles. The predicted molar refractivity (Wildman–Crippen MR) is 76.7 cm³/mol. The summed E-state index contributed by atoms with van der Waals surface area (Å²) in [5.41, 5.74) is 9.61. The fraction of sp³-hybridized carbons (Fsp3) is 0.533. The number of hydrogen-bond donors (Lipinski definition) is 1. The zero-order chi connectivity index (χ0) is 13.3. The molecule has 3 heteroatoms. The highest BCUT2D eigenvalue weighted by Crippen LogP contribution is 2.27. The Morgan fingerprint density at radius 3 is 2.61 bits per heavy atom. The van der Waals surface area contributed by atoms with Gasteiger partial charge in [0.15, 0.2) is 0 Å². The highest BCUT2D eigenvalue weighted by Gasteiger charge is 2.16. The Morgan fingerprint density at radius 2 is 2.06 bits per heavy atom. The molecule has 1 heterocycles. The van der Waals surface area contributed by atoms with Gasteiger partial charge in [-0.1, -0.05) is 32.9 Å². The van der Waals surface area contributed by atoms with E-state index in [0.717, 1.165) is 6.42 Å². The molecule has 1 unspecified atom stereocenters. The molecule has 0 aliphatic carbocycles. The molecule has 98 valence electrons. The third-order valence-corrected chi connectivity index (χ3v) is 3.77. The summed E-state index contributed by atoms with van der Waals surface area (Å²) < 4.78 is 1.98. The molecule has 0 fully saturated rings. The molecule has 3 nitrogen and oxygen atoms in total. The van der Waals surface area contributed by atoms with Gasteiger partial charge in [0, 0.05) is 12.4 Å². The number of aromatic nitrogens is 2. The first kappa shape index (κ1) is 13.1. The van der Waals surface area contributed by atoms with E-state index in [1.165, 1.54) is 22.2 Å². The van der Waals surface area contributed by atoms with Crippen molar-refractivity contribution in [1.82, 2.24) is 9.78 Å². The second kappa shape index (κ2) is 5.11. The summed E-state index contributed by atoms with van der Waals surface area (Å²) in [6, 6.07) is 6.65. The molecular formula is C15H23N3. The van der Waals surface area contributed by atoms with E-state index in [-0.39, 0.29) is 0 Å². The second-order valence-corrected chi connectivity index (χ2v) is 5.29. The minimum absolute atomic E-state index is 0.425. The van der Waals surface area contributed by atoms with Gasteiger partial charge in [-0.05, 0) is 36.4 Å². The van der Waals surface area contributed by atoms with E-state index in [1.54, 1.807) is 0 Å². The van der Waals surface area contributed by atoms with Crippen LogP contribution < -0.4 is 5.73 Å². The van der Waals surface area contributed by atoms with Gasteiger partial charge in [0.1, 0.15) is 0 Å². The van der Waals surface area contributed by atoms with Gasteiger partial charge in [-0.15, -0.1) is 0 Å². The fourth-order valence-electron chi connectivity index (χ4n) is 2.63. The first-order chi connectivity index (χ1) is 8.58. The summed E-state index contributed by atoms with van der Waals surface area (Å²) in [5, 5.41) is 5.83. The third-order valence-electron chi connectivity index (χ3n) is 3.77. The number of nitrogens with two attached hydrogens (primary N) is 1. The minimum atomic E-state index is 0.425. The fourth-order valence-corrected chi connectivity index (χ4v) is 2.63. The van der Waals surface area contributed by atoms with Crippen molar-refractivity contribution < 1.29 is 0 Å². The Hall–Kier alpha value is -1.35. The van der Waals surface area contributed by atoms with Gasteiger partial charge in [-0.25, -0.2) is 0 Å². The van der Waals surface area contributed by atoms with Crippen LogP contribution in [0.2, 0.25) is 0 Å². The second-order valence-electron chi connectivity index (χ2n) is 5.29. The highest BCUT2D eigenvalue weighted by molar-refractivity contribution is 5.82. The summed E-state index contributed by atoms with van der Waals surface area (Å²) in [4.78, 5) is 0. The van der Waals surface area contributed by atoms with Crippen molar-refractivity contribution in [3.05, 3.63) is 29.5 Å². The molecule has 2 rings (SSSR count). The van der Waals surface area contributed by atoms with Crippen molar-refractivity contribution in [2.45, 2.75) is 33.1 Å². The summed E-state index contributed by atoms with van der Waals surface area (Å²) in [6.45, 7) is 7.29. The summed E-state index contributed by atoms with van der Waals surface area (Å²) in [6.07, 6.45) is 0.973. The standard InChI is InChI=1S/C15H23N3/c1-5-14-12-7-6-11(13(9-16)10(2)3)8-15(12)18(4)17-14/h6-8,10,13H,5,9,16H2,1-4H3. The van der Waals surface area contributed by atoms with Gasteiger partial charge >= 0.3 is 0 Å². The number of fused-ring (bicyclic) bond motifs is 1. The first-order valence-electron chi connectivity index (χ1n) is 6.74. The Balaban J connectivity index is 2.53. The lowest BCUT2D eigenvalue weighted by Gasteiger charge is -2.19. The van der Waals surface area contributed by atoms with E-state index in [2.05, 4.69) is 44.1 Å². The van der Waals surface area contributed by atoms with Crippen molar-refractivity contribution in [2.24, 2.45) is 18.7 Å². The van der Waals surface area contributed by atoms with Crippen molar-refractivity contribution in [1.29, 1.82) is 0 Å². The van der Waals surface area contributed by atoms with Crippen LogP contribution in [0.3, 0.4) is 0 Å². The highest BCUT2D eigenvalue weighted by atomic mass is 15.3. The summed E-state index contributed by atoms with van der Waals surface area (Å²) in [5.74, 6) is 0.987. The monoisotopic (exact) mass is 245 g/mol. The lowest BCUT2D eigenvalue weighted by atomic mass is 9.88. The normalized spacial score (nSPS) is 13.4. The van der Waals surface area contributed by atoms with Crippen LogP contribution in [0.4, 0.5) is 0 Å². The molecule has 0 bridgehead atoms. The zero-order valence-electron chi connectivity index (χ0n) is 11.8. The molecule has 0 amide bonds. The zero-order valence-corrected chi connectivity index (χ0v) is 11.8. The minimum Gasteiger partial charge on any atom is -0.330 e. The Bertz CT molecular complexity index is 540. The predicted octanol–water partition coefficient (Wildman–Crippen LogP) is 2.83. The largest absolute Gasteiger partial charge is 0.330 e. The SMILES string of the molecule is CCc1nn(C)c2cc(C(CN)C(C)C)ccc12. The molecule has 2 N–H and O–H groups in total. The number of benzene rings is 1. The van der Waals surface area contributed by atoms with Crippen LogP contribution in [0.15, 0.2) is 18.2 Å². The Kier molecular flexibility index (Phi) is 3.71. The molecule has 0 aliphatic rings. The molecule has 0 spiro atoms. The van der Waals surface area contributed by atoms with Crippen LogP contribution in [0.1, 0.15) is 37.9 Å². The van der Waals surface area contributed by atoms with Crippen molar-refractivity contribution >= 4 is 10.9 Å². The van der Waals surface area contributed by atoms with E-state index in [0.29, 0.717) is 18.4 Å². The number of rotatable bonds is 4. The molecule has 18 heavy (non-hydrogen) atoms. The van der Waals surface area contributed by atoms with Gasteiger partial charge in [0.05, 0.1) is 11.2 Å². The van der Waals surface area contributed by atoms with E-state index in [4.69, 9.17) is 5.73 Å². The lowest BCUT2D eigenvalue weighted by molar-refractivity contribution is 0.506. The van der Waals surface area contributed by atoms with E-state index in [1.807, 2.05) is 11.7 Å². The average molecular weight is 245 g/mol. The molecule has 0 saturated heterocycles. The van der Waals surface area contributed by atoms with E-state index in [9.17, 15) is 0 Å². The first-order valence-corrected chi connectivity index (χ1v) is 6.74. The van der Waals surface area contributed by atoms with Crippen LogP contribution in [0.5, 0.6) is 0 Å². The molecule has 1 aromatic carbocycles. The number of nitrogens with zero attached hydrogens (tertiary/aromatic N) is 2. The maximum absolute atomic E-state index is 5.90. The molecule has 0 saturated carbocycles. The van der Waals surface area contributed by atoms with Crippen LogP contribution >= 0.6 is 0 Å². The molecule has 0 radical (unpaired) electrons. The van der Waals surface area contributed by atoms with Crippen LogP contribution in [-0.2, 0) is 13.5 Å². The average Bonchev–Trinajstić information content (AvgIpc) is 2.66. The summed E-state index contributed by atoms with van der Waals surface area (Å²) in [7, 11) is 2.01. The van der Waals surface area contributed by atoms with Crippen molar-refractivity contribution in [2.75, 3.05) is 6.54 Å². The van der Waals surface area contributed by atoms with Gasteiger partial charge in [0.2, 0.25) is 0 Å². The molecule has 1 atom stereocenters. The smallest absolute Gasteiger partial charge is 0.0700 e. The van der Waals surface area contributed by atoms with E-state index < -0.39 is 0 Å². The van der Waals surface area contributed by atoms with Crippen LogP contribution in [0, 0.1) is 5.92 Å². The summed E-state index contributed by atoms with van der Waals surface area (Å²) >= 11 is 0. The number of hydrogen-bond acceptors (Lipinski definition) is 2. The molecule has 2 aromatic rings. The third kappa shape index (κ3) is 2.15. The van der Waals surface area contributed by atoms with Gasteiger partial charge in [-0.3, -0.25) is 4.68 Å². The van der Waals surface area contributed by atoms with Crippen molar-refractivity contribution in [3.63, 3.8) is 0 Å².